The molecule has 0 saturated carbocycles. The van der Waals surface area contributed by atoms with E-state index in [1.165, 1.54) is 13.2 Å². The van der Waals surface area contributed by atoms with Crippen molar-refractivity contribution < 1.29 is 9.66 Å². The van der Waals surface area contributed by atoms with E-state index in [0.29, 0.717) is 12.2 Å². The number of hydrogen-bond acceptors (Lipinski definition) is 4. The fourth-order valence-electron chi connectivity index (χ4n) is 1.99. The standard InChI is InChI=1S/C14H22N2O3/c1-4-8-15-12(5-2)9-11-6-7-13(19-3)10-14(11)16(17)18/h6-7,10,12,15H,4-5,8-9H2,1-3H3. The largest absolute Gasteiger partial charge is 0.497 e. The zero-order valence-corrected chi connectivity index (χ0v) is 11.8. The molecule has 0 aliphatic carbocycles. The Morgan fingerprint density at radius 2 is 2.16 bits per heavy atom. The Bertz CT molecular complexity index is 421. The maximum absolute atomic E-state index is 11.1. The number of nitro benzene ring substituents is 1. The highest BCUT2D eigenvalue weighted by Gasteiger charge is 2.18. The Labute approximate surface area is 114 Å². The van der Waals surface area contributed by atoms with Gasteiger partial charge in [-0.25, -0.2) is 0 Å². The van der Waals surface area contributed by atoms with Crippen LogP contribution >= 0.6 is 0 Å². The Morgan fingerprint density at radius 1 is 1.42 bits per heavy atom. The van der Waals surface area contributed by atoms with Crippen molar-refractivity contribution in [1.82, 2.24) is 5.32 Å². The summed E-state index contributed by atoms with van der Waals surface area (Å²) in [5.74, 6) is 0.519. The Kier molecular flexibility index (Phi) is 6.29. The topological polar surface area (TPSA) is 64.4 Å². The molecule has 1 atom stereocenters. The lowest BCUT2D eigenvalue weighted by atomic mass is 10.0. The van der Waals surface area contributed by atoms with Crippen LogP contribution in [0.15, 0.2) is 18.2 Å². The van der Waals surface area contributed by atoms with Crippen LogP contribution in [0, 0.1) is 10.1 Å². The molecule has 5 nitrogen and oxygen atoms in total. The van der Waals surface area contributed by atoms with Crippen LogP contribution in [0.1, 0.15) is 32.3 Å². The molecule has 1 aromatic rings. The van der Waals surface area contributed by atoms with E-state index >= 15 is 0 Å². The Balaban J connectivity index is 2.89. The van der Waals surface area contributed by atoms with Gasteiger partial charge in [-0.15, -0.1) is 0 Å². The summed E-state index contributed by atoms with van der Waals surface area (Å²) >= 11 is 0. The second-order valence-corrected chi connectivity index (χ2v) is 4.52. The van der Waals surface area contributed by atoms with Gasteiger partial charge in [0.05, 0.1) is 18.1 Å². The maximum atomic E-state index is 11.1. The summed E-state index contributed by atoms with van der Waals surface area (Å²) in [6, 6.07) is 5.32. The van der Waals surface area contributed by atoms with Crippen LogP contribution in [0.2, 0.25) is 0 Å². The first-order valence-corrected chi connectivity index (χ1v) is 6.67. The third-order valence-corrected chi connectivity index (χ3v) is 3.13. The monoisotopic (exact) mass is 266 g/mol. The molecule has 0 heterocycles. The predicted octanol–water partition coefficient (Wildman–Crippen LogP) is 2.92. The molecule has 1 rings (SSSR count). The van der Waals surface area contributed by atoms with Crippen LogP contribution in [0.3, 0.4) is 0 Å². The average Bonchev–Trinajstić information content (AvgIpc) is 2.43. The first-order valence-electron chi connectivity index (χ1n) is 6.67. The highest BCUT2D eigenvalue weighted by molar-refractivity contribution is 5.46. The minimum absolute atomic E-state index is 0.135. The van der Waals surface area contributed by atoms with Gasteiger partial charge in [0.25, 0.3) is 5.69 Å². The molecule has 0 aromatic heterocycles. The van der Waals surface area contributed by atoms with E-state index in [-0.39, 0.29) is 16.7 Å². The van der Waals surface area contributed by atoms with Crippen molar-refractivity contribution in [3.05, 3.63) is 33.9 Å². The van der Waals surface area contributed by atoms with Gasteiger partial charge in [0.1, 0.15) is 5.75 Å². The normalized spacial score (nSPS) is 12.2. The van der Waals surface area contributed by atoms with Crippen molar-refractivity contribution in [2.75, 3.05) is 13.7 Å². The van der Waals surface area contributed by atoms with E-state index in [2.05, 4.69) is 19.2 Å². The fourth-order valence-corrected chi connectivity index (χ4v) is 1.99. The summed E-state index contributed by atoms with van der Waals surface area (Å²) in [5, 5.41) is 14.5. The summed E-state index contributed by atoms with van der Waals surface area (Å²) in [4.78, 5) is 10.8. The molecule has 0 aliphatic heterocycles. The van der Waals surface area contributed by atoms with Crippen molar-refractivity contribution in [3.8, 4) is 5.75 Å². The van der Waals surface area contributed by atoms with Crippen LogP contribution in [0.5, 0.6) is 5.75 Å². The van der Waals surface area contributed by atoms with Crippen LogP contribution in [0.4, 0.5) is 5.69 Å². The number of methoxy groups -OCH3 is 1. The summed E-state index contributed by atoms with van der Waals surface area (Å²) < 4.78 is 5.04. The van der Waals surface area contributed by atoms with E-state index in [1.54, 1.807) is 12.1 Å². The smallest absolute Gasteiger partial charge is 0.276 e. The number of benzene rings is 1. The van der Waals surface area contributed by atoms with Crippen LogP contribution in [-0.4, -0.2) is 24.6 Å². The number of rotatable bonds is 8. The minimum Gasteiger partial charge on any atom is -0.497 e. The van der Waals surface area contributed by atoms with Gasteiger partial charge in [-0.3, -0.25) is 10.1 Å². The summed E-state index contributed by atoms with van der Waals surface area (Å²) in [6.07, 6.45) is 2.67. The van der Waals surface area contributed by atoms with Gasteiger partial charge in [0.2, 0.25) is 0 Å². The van der Waals surface area contributed by atoms with Crippen LogP contribution < -0.4 is 10.1 Å². The van der Waals surface area contributed by atoms with Gasteiger partial charge in [0.15, 0.2) is 0 Å². The van der Waals surface area contributed by atoms with Gasteiger partial charge < -0.3 is 10.1 Å². The van der Waals surface area contributed by atoms with E-state index in [0.717, 1.165) is 24.9 Å². The molecule has 1 N–H and O–H groups in total. The molecule has 0 radical (unpaired) electrons. The number of nitro groups is 1. The molecule has 5 heteroatoms. The first-order chi connectivity index (χ1) is 9.12. The number of hydrogen-bond donors (Lipinski definition) is 1. The Hall–Kier alpha value is -1.62. The molecule has 1 unspecified atom stereocenters. The molecule has 0 spiro atoms. The fraction of sp³-hybridized carbons (Fsp3) is 0.571. The van der Waals surface area contributed by atoms with Crippen molar-refractivity contribution in [2.45, 2.75) is 39.2 Å². The Morgan fingerprint density at radius 3 is 2.68 bits per heavy atom. The van der Waals surface area contributed by atoms with Crippen molar-refractivity contribution in [2.24, 2.45) is 0 Å². The predicted molar refractivity (Wildman–Crippen MR) is 75.7 cm³/mol. The highest BCUT2D eigenvalue weighted by Crippen LogP contribution is 2.26. The van der Waals surface area contributed by atoms with Crippen molar-refractivity contribution >= 4 is 5.69 Å². The lowest BCUT2D eigenvalue weighted by Gasteiger charge is -2.16. The van der Waals surface area contributed by atoms with Crippen molar-refractivity contribution in [3.63, 3.8) is 0 Å². The van der Waals surface area contributed by atoms with E-state index in [1.807, 2.05) is 0 Å². The molecule has 1 aromatic carbocycles. The molecule has 0 saturated heterocycles. The van der Waals surface area contributed by atoms with Gasteiger partial charge in [-0.05, 0) is 37.9 Å². The van der Waals surface area contributed by atoms with Gasteiger partial charge in [-0.2, -0.15) is 0 Å². The van der Waals surface area contributed by atoms with E-state index < -0.39 is 0 Å². The summed E-state index contributed by atoms with van der Waals surface area (Å²) in [5.41, 5.74) is 0.886. The van der Waals surface area contributed by atoms with Crippen molar-refractivity contribution in [1.29, 1.82) is 0 Å². The first kappa shape index (κ1) is 15.4. The van der Waals surface area contributed by atoms with E-state index in [4.69, 9.17) is 4.74 Å². The van der Waals surface area contributed by atoms with Crippen LogP contribution in [0.25, 0.3) is 0 Å². The molecule has 0 fully saturated rings. The molecular weight excluding hydrogens is 244 g/mol. The maximum Gasteiger partial charge on any atom is 0.276 e. The highest BCUT2D eigenvalue weighted by atomic mass is 16.6. The molecule has 0 aliphatic rings. The van der Waals surface area contributed by atoms with Gasteiger partial charge in [0, 0.05) is 11.6 Å². The van der Waals surface area contributed by atoms with Gasteiger partial charge >= 0.3 is 0 Å². The molecular formula is C14H22N2O3. The lowest BCUT2D eigenvalue weighted by molar-refractivity contribution is -0.385. The number of nitrogens with one attached hydrogen (secondary N) is 1. The quantitative estimate of drug-likeness (QED) is 0.580. The second kappa shape index (κ2) is 7.74. The van der Waals surface area contributed by atoms with Crippen LogP contribution in [-0.2, 0) is 6.42 Å². The number of nitrogens with zero attached hydrogens (tertiary/aromatic N) is 1. The zero-order valence-electron chi connectivity index (χ0n) is 11.8. The molecule has 0 bridgehead atoms. The third kappa shape index (κ3) is 4.52. The minimum atomic E-state index is -0.343. The van der Waals surface area contributed by atoms with Gasteiger partial charge in [-0.1, -0.05) is 13.8 Å². The average molecular weight is 266 g/mol. The molecule has 19 heavy (non-hydrogen) atoms. The molecule has 0 amide bonds. The van der Waals surface area contributed by atoms with E-state index in [9.17, 15) is 10.1 Å². The summed E-state index contributed by atoms with van der Waals surface area (Å²) in [7, 11) is 1.51. The number of ether oxygens (including phenoxy) is 1. The molecule has 106 valence electrons. The third-order valence-electron chi connectivity index (χ3n) is 3.13. The zero-order chi connectivity index (χ0) is 14.3. The second-order valence-electron chi connectivity index (χ2n) is 4.52. The summed E-state index contributed by atoms with van der Waals surface area (Å²) in [6.45, 7) is 5.13. The SMILES string of the molecule is CCCNC(CC)Cc1ccc(OC)cc1[N+](=O)[O-]. The lowest BCUT2D eigenvalue weighted by Crippen LogP contribution is -2.31.